The van der Waals surface area contributed by atoms with Crippen LogP contribution in [0.5, 0.6) is 0 Å². The second-order valence-electron chi connectivity index (χ2n) is 5.99. The minimum absolute atomic E-state index is 0.233. The molecule has 0 spiro atoms. The summed E-state index contributed by atoms with van der Waals surface area (Å²) < 4.78 is 28.1. The summed E-state index contributed by atoms with van der Waals surface area (Å²) in [6.45, 7) is 1.18. The van der Waals surface area contributed by atoms with Gasteiger partial charge in [0.15, 0.2) is 16.4 Å². The minimum atomic E-state index is -3.84. The molecule has 2 aromatic carbocycles. The second-order valence-corrected chi connectivity index (χ2v) is 7.97. The average Bonchev–Trinajstić information content (AvgIpc) is 2.65. The van der Waals surface area contributed by atoms with Gasteiger partial charge in [0, 0.05) is 12.3 Å². The van der Waals surface area contributed by atoms with E-state index in [9.17, 15) is 28.1 Å². The number of hydrogen-bond acceptors (Lipinski definition) is 7. The molecule has 0 unspecified atom stereocenters. The minimum Gasteiger partial charge on any atom is -0.452 e. The number of carbonyl (C=O) groups is 2. The summed E-state index contributed by atoms with van der Waals surface area (Å²) in [5.41, 5.74) is -0.101. The number of carbonyl (C=O) groups excluding carboxylic acids is 2. The van der Waals surface area contributed by atoms with Crippen molar-refractivity contribution in [2.75, 3.05) is 12.9 Å². The van der Waals surface area contributed by atoms with Gasteiger partial charge in [0.1, 0.15) is 4.90 Å². The highest BCUT2D eigenvalue weighted by Gasteiger charge is 2.24. The number of hydrogen-bond donors (Lipinski definition) is 1. The van der Waals surface area contributed by atoms with Crippen molar-refractivity contribution in [1.29, 1.82) is 0 Å². The van der Waals surface area contributed by atoms with Gasteiger partial charge in [-0.05, 0) is 24.6 Å². The zero-order valence-corrected chi connectivity index (χ0v) is 15.9. The molecule has 0 heterocycles. The van der Waals surface area contributed by atoms with Gasteiger partial charge in [0.25, 0.3) is 11.6 Å². The van der Waals surface area contributed by atoms with Crippen molar-refractivity contribution in [2.24, 2.45) is 0 Å². The Labute approximate surface area is 161 Å². The third kappa shape index (κ3) is 5.36. The van der Waals surface area contributed by atoms with Crippen molar-refractivity contribution >= 4 is 27.4 Å². The summed E-state index contributed by atoms with van der Waals surface area (Å²) in [7, 11) is -3.84. The zero-order valence-electron chi connectivity index (χ0n) is 15.1. The van der Waals surface area contributed by atoms with Gasteiger partial charge in [-0.15, -0.1) is 0 Å². The Morgan fingerprint density at radius 3 is 2.39 bits per heavy atom. The van der Waals surface area contributed by atoms with Gasteiger partial charge in [-0.2, -0.15) is 0 Å². The van der Waals surface area contributed by atoms with Crippen LogP contribution in [0.15, 0.2) is 53.4 Å². The van der Waals surface area contributed by atoms with Crippen LogP contribution in [0, 0.1) is 10.1 Å². The van der Waals surface area contributed by atoms with E-state index in [1.165, 1.54) is 0 Å². The van der Waals surface area contributed by atoms with Crippen LogP contribution in [-0.2, 0) is 19.4 Å². The van der Waals surface area contributed by atoms with E-state index in [0.717, 1.165) is 30.0 Å². The fraction of sp³-hybridized carbons (Fsp3) is 0.222. The summed E-state index contributed by atoms with van der Waals surface area (Å²) in [6.07, 6.45) is 0.825. The molecule has 0 saturated heterocycles. The normalized spacial score (nSPS) is 12.1. The number of nitrogens with zero attached hydrogens (tertiary/aromatic N) is 1. The molecule has 0 fully saturated rings. The molecule has 0 aromatic heterocycles. The van der Waals surface area contributed by atoms with Crippen molar-refractivity contribution in [2.45, 2.75) is 17.9 Å². The Morgan fingerprint density at radius 1 is 1.18 bits per heavy atom. The molecule has 0 aliphatic heterocycles. The van der Waals surface area contributed by atoms with Crippen molar-refractivity contribution in [3.05, 3.63) is 69.8 Å². The number of rotatable bonds is 7. The van der Waals surface area contributed by atoms with E-state index in [-0.39, 0.29) is 11.6 Å². The highest BCUT2D eigenvalue weighted by Crippen LogP contribution is 2.25. The van der Waals surface area contributed by atoms with Gasteiger partial charge in [-0.25, -0.2) is 13.2 Å². The van der Waals surface area contributed by atoms with E-state index in [1.54, 1.807) is 6.92 Å². The van der Waals surface area contributed by atoms with Gasteiger partial charge in [-0.1, -0.05) is 30.3 Å². The molecular weight excluding hydrogens is 388 g/mol. The first-order chi connectivity index (χ1) is 13.1. The van der Waals surface area contributed by atoms with Crippen LogP contribution in [0.3, 0.4) is 0 Å². The Balaban J connectivity index is 2.04. The number of nitro groups is 1. The maximum Gasteiger partial charge on any atom is 0.338 e. The van der Waals surface area contributed by atoms with Gasteiger partial charge in [0.05, 0.1) is 16.5 Å². The molecule has 0 saturated carbocycles. The number of benzene rings is 2. The van der Waals surface area contributed by atoms with Gasteiger partial charge >= 0.3 is 5.97 Å². The largest absolute Gasteiger partial charge is 0.452 e. The highest BCUT2D eigenvalue weighted by molar-refractivity contribution is 7.90. The lowest BCUT2D eigenvalue weighted by atomic mass is 10.1. The zero-order chi connectivity index (χ0) is 20.9. The number of ether oxygens (including phenoxy) is 1. The molecule has 148 valence electrons. The third-order valence-electron chi connectivity index (χ3n) is 3.80. The molecule has 2 aromatic rings. The Hall–Kier alpha value is -3.27. The van der Waals surface area contributed by atoms with Crippen LogP contribution in [-0.4, -0.2) is 38.1 Å². The molecule has 0 radical (unpaired) electrons. The predicted octanol–water partition coefficient (Wildman–Crippen LogP) is 2.03. The van der Waals surface area contributed by atoms with Crippen LogP contribution in [0.2, 0.25) is 0 Å². The lowest BCUT2D eigenvalue weighted by Gasteiger charge is -2.14. The lowest BCUT2D eigenvalue weighted by Crippen LogP contribution is -2.31. The van der Waals surface area contributed by atoms with Crippen LogP contribution >= 0.6 is 0 Å². The molecule has 1 amide bonds. The monoisotopic (exact) mass is 406 g/mol. The number of amides is 1. The van der Waals surface area contributed by atoms with Crippen LogP contribution < -0.4 is 5.32 Å². The number of nitrogens with one attached hydrogen (secondary N) is 1. The van der Waals surface area contributed by atoms with E-state index in [1.807, 2.05) is 30.3 Å². The van der Waals surface area contributed by atoms with Crippen molar-refractivity contribution in [3.8, 4) is 0 Å². The van der Waals surface area contributed by atoms with E-state index in [4.69, 9.17) is 4.74 Å². The average molecular weight is 406 g/mol. The molecule has 28 heavy (non-hydrogen) atoms. The van der Waals surface area contributed by atoms with Gasteiger partial charge in [0.2, 0.25) is 0 Å². The fourth-order valence-electron chi connectivity index (χ4n) is 2.42. The van der Waals surface area contributed by atoms with E-state index in [0.29, 0.717) is 0 Å². The molecule has 0 aliphatic carbocycles. The first-order valence-electron chi connectivity index (χ1n) is 8.09. The number of nitro benzene ring substituents is 1. The molecule has 1 atom stereocenters. The van der Waals surface area contributed by atoms with Crippen molar-refractivity contribution in [3.63, 3.8) is 0 Å². The molecule has 2 rings (SSSR count). The van der Waals surface area contributed by atoms with Gasteiger partial charge in [-0.3, -0.25) is 14.9 Å². The molecule has 0 bridgehead atoms. The quantitative estimate of drug-likeness (QED) is 0.422. The second kappa shape index (κ2) is 8.61. The first kappa shape index (κ1) is 21.0. The van der Waals surface area contributed by atoms with Crippen molar-refractivity contribution in [1.82, 2.24) is 5.32 Å². The summed E-state index contributed by atoms with van der Waals surface area (Å²) in [6, 6.07) is 11.7. The summed E-state index contributed by atoms with van der Waals surface area (Å²) >= 11 is 0. The lowest BCUT2D eigenvalue weighted by molar-refractivity contribution is -0.387. The highest BCUT2D eigenvalue weighted by atomic mass is 32.2. The molecular formula is C18H18N2O7S. The Bertz CT molecular complexity index is 1000. The fourth-order valence-corrected chi connectivity index (χ4v) is 3.25. The Kier molecular flexibility index (Phi) is 6.47. The topological polar surface area (TPSA) is 133 Å². The maximum absolute atomic E-state index is 12.1. The standard InChI is InChI=1S/C18H18N2O7S/c1-12(13-6-4-3-5-7-13)19-17(21)11-27-18(22)14-8-9-16(28(2,25)26)15(10-14)20(23)24/h3-10,12H,11H2,1-2H3,(H,19,21)/t12-/m0/s1. The van der Waals surface area contributed by atoms with Crippen LogP contribution in [0.25, 0.3) is 0 Å². The number of sulfone groups is 1. The molecule has 9 nitrogen and oxygen atoms in total. The third-order valence-corrected chi connectivity index (χ3v) is 4.95. The number of esters is 1. The molecule has 0 aliphatic rings. The summed E-state index contributed by atoms with van der Waals surface area (Å²) in [5.74, 6) is -1.53. The summed E-state index contributed by atoms with van der Waals surface area (Å²) in [5, 5.41) is 13.7. The Morgan fingerprint density at radius 2 is 1.82 bits per heavy atom. The van der Waals surface area contributed by atoms with Crippen LogP contribution in [0.1, 0.15) is 28.9 Å². The van der Waals surface area contributed by atoms with E-state index < -0.39 is 43.8 Å². The van der Waals surface area contributed by atoms with Crippen molar-refractivity contribution < 1.29 is 27.7 Å². The SMILES string of the molecule is C[C@H](NC(=O)COC(=O)c1ccc(S(C)(=O)=O)c([N+](=O)[O-])c1)c1ccccc1. The van der Waals surface area contributed by atoms with Crippen LogP contribution in [0.4, 0.5) is 5.69 Å². The summed E-state index contributed by atoms with van der Waals surface area (Å²) in [4.78, 5) is 33.7. The van der Waals surface area contributed by atoms with E-state index in [2.05, 4.69) is 5.32 Å². The smallest absolute Gasteiger partial charge is 0.338 e. The predicted molar refractivity (Wildman–Crippen MR) is 99.5 cm³/mol. The molecule has 10 heteroatoms. The molecule has 1 N–H and O–H groups in total. The first-order valence-corrected chi connectivity index (χ1v) is 9.98. The maximum atomic E-state index is 12.1. The van der Waals surface area contributed by atoms with E-state index >= 15 is 0 Å². The van der Waals surface area contributed by atoms with Gasteiger partial charge < -0.3 is 10.1 Å².